The molecule has 0 radical (unpaired) electrons. The summed E-state index contributed by atoms with van der Waals surface area (Å²) in [6, 6.07) is 0. The van der Waals surface area contributed by atoms with E-state index in [0.717, 1.165) is 0 Å². The standard InChI is InChI=1S/C6H7N3O2S/c1-12-5-3(4(7)10)2-8-6(11)9-5/h2H,1H3,(H2,7,10)(H,8,9,11). The molecular weight excluding hydrogens is 178 g/mol. The average molecular weight is 185 g/mol. The van der Waals surface area contributed by atoms with Crippen LogP contribution < -0.4 is 11.4 Å². The molecule has 0 fully saturated rings. The largest absolute Gasteiger partial charge is 0.365 e. The number of amides is 1. The minimum atomic E-state index is -0.594. The number of hydrogen-bond acceptors (Lipinski definition) is 4. The molecule has 12 heavy (non-hydrogen) atoms. The minimum Gasteiger partial charge on any atom is -0.365 e. The molecule has 0 aliphatic rings. The van der Waals surface area contributed by atoms with Gasteiger partial charge in [0.05, 0.1) is 10.6 Å². The molecule has 0 saturated heterocycles. The fraction of sp³-hybridized carbons (Fsp3) is 0.167. The van der Waals surface area contributed by atoms with E-state index >= 15 is 0 Å². The third kappa shape index (κ3) is 1.65. The Morgan fingerprint density at radius 2 is 2.42 bits per heavy atom. The smallest absolute Gasteiger partial charge is 0.345 e. The first-order chi connectivity index (χ1) is 5.65. The van der Waals surface area contributed by atoms with Gasteiger partial charge in [-0.1, -0.05) is 0 Å². The molecular formula is C6H7N3O2S. The fourth-order valence-electron chi connectivity index (χ4n) is 0.715. The predicted octanol–water partition coefficient (Wildman–Crippen LogP) is -0.409. The number of nitrogens with two attached hydrogens (primary N) is 1. The first kappa shape index (κ1) is 8.79. The Hall–Kier alpha value is -1.30. The van der Waals surface area contributed by atoms with Crippen molar-refractivity contribution in [3.8, 4) is 0 Å². The van der Waals surface area contributed by atoms with E-state index in [1.165, 1.54) is 18.0 Å². The van der Waals surface area contributed by atoms with Crippen LogP contribution in [0.1, 0.15) is 10.4 Å². The third-order valence-electron chi connectivity index (χ3n) is 1.25. The van der Waals surface area contributed by atoms with Crippen molar-refractivity contribution in [2.75, 3.05) is 6.26 Å². The molecule has 0 saturated carbocycles. The van der Waals surface area contributed by atoms with Crippen molar-refractivity contribution >= 4 is 17.7 Å². The summed E-state index contributed by atoms with van der Waals surface area (Å²) in [5.41, 5.74) is 4.78. The topological polar surface area (TPSA) is 88.8 Å². The molecule has 0 atom stereocenters. The lowest BCUT2D eigenvalue weighted by Crippen LogP contribution is -2.19. The van der Waals surface area contributed by atoms with Crippen molar-refractivity contribution in [1.82, 2.24) is 9.97 Å². The molecule has 1 amide bonds. The Morgan fingerprint density at radius 1 is 1.75 bits per heavy atom. The van der Waals surface area contributed by atoms with Gasteiger partial charge < -0.3 is 5.73 Å². The summed E-state index contributed by atoms with van der Waals surface area (Å²) in [4.78, 5) is 27.2. The maximum atomic E-state index is 10.7. The van der Waals surface area contributed by atoms with Crippen LogP contribution in [-0.4, -0.2) is 22.1 Å². The number of thioether (sulfide) groups is 1. The molecule has 1 aromatic heterocycles. The number of aromatic amines is 1. The van der Waals surface area contributed by atoms with Gasteiger partial charge in [-0.25, -0.2) is 9.78 Å². The summed E-state index contributed by atoms with van der Waals surface area (Å²) in [6.07, 6.45) is 2.91. The van der Waals surface area contributed by atoms with Crippen molar-refractivity contribution in [1.29, 1.82) is 0 Å². The highest BCUT2D eigenvalue weighted by Crippen LogP contribution is 2.13. The van der Waals surface area contributed by atoms with Crippen molar-refractivity contribution in [2.24, 2.45) is 5.73 Å². The van der Waals surface area contributed by atoms with Crippen molar-refractivity contribution < 1.29 is 4.79 Å². The fourth-order valence-corrected chi connectivity index (χ4v) is 1.28. The molecule has 0 aromatic carbocycles. The first-order valence-electron chi connectivity index (χ1n) is 3.08. The number of hydrogen-bond donors (Lipinski definition) is 2. The van der Waals surface area contributed by atoms with Gasteiger partial charge in [-0.15, -0.1) is 11.8 Å². The highest BCUT2D eigenvalue weighted by molar-refractivity contribution is 7.98. The van der Waals surface area contributed by atoms with Gasteiger partial charge in [0.2, 0.25) is 0 Å². The quantitative estimate of drug-likeness (QED) is 0.484. The monoisotopic (exact) mass is 185 g/mol. The number of nitrogens with one attached hydrogen (secondary N) is 1. The van der Waals surface area contributed by atoms with E-state index < -0.39 is 11.6 Å². The van der Waals surface area contributed by atoms with Gasteiger partial charge in [0, 0.05) is 6.20 Å². The molecule has 3 N–H and O–H groups in total. The molecule has 0 unspecified atom stereocenters. The second-order valence-corrected chi connectivity index (χ2v) is 2.82. The molecule has 1 heterocycles. The molecule has 1 rings (SSSR count). The van der Waals surface area contributed by atoms with Gasteiger partial charge in [0.1, 0.15) is 0 Å². The highest BCUT2D eigenvalue weighted by atomic mass is 32.2. The molecule has 6 heteroatoms. The van der Waals surface area contributed by atoms with Gasteiger partial charge in [-0.05, 0) is 6.26 Å². The molecule has 0 aliphatic carbocycles. The van der Waals surface area contributed by atoms with Gasteiger partial charge in [-0.2, -0.15) is 0 Å². The van der Waals surface area contributed by atoms with E-state index in [1.807, 2.05) is 0 Å². The van der Waals surface area contributed by atoms with Crippen LogP contribution in [-0.2, 0) is 0 Å². The number of nitrogens with zero attached hydrogens (tertiary/aromatic N) is 1. The number of carbonyl (C=O) groups excluding carboxylic acids is 1. The van der Waals surface area contributed by atoms with Gasteiger partial charge >= 0.3 is 5.69 Å². The maximum absolute atomic E-state index is 10.7. The lowest BCUT2D eigenvalue weighted by molar-refractivity contribution is 0.0996. The third-order valence-corrected chi connectivity index (χ3v) is 1.98. The average Bonchev–Trinajstić information content (AvgIpc) is 2.03. The van der Waals surface area contributed by atoms with Crippen LogP contribution in [0.3, 0.4) is 0 Å². The molecule has 0 spiro atoms. The normalized spacial score (nSPS) is 9.75. The zero-order chi connectivity index (χ0) is 9.14. The maximum Gasteiger partial charge on any atom is 0.345 e. The summed E-state index contributed by atoms with van der Waals surface area (Å²) >= 11 is 1.24. The number of H-pyrrole nitrogens is 1. The van der Waals surface area contributed by atoms with Crippen LogP contribution in [0.5, 0.6) is 0 Å². The second-order valence-electron chi connectivity index (χ2n) is 2.00. The second kappa shape index (κ2) is 3.40. The number of primary amides is 1. The number of carbonyl (C=O) groups is 1. The predicted molar refractivity (Wildman–Crippen MR) is 45.2 cm³/mol. The van der Waals surface area contributed by atoms with Crippen molar-refractivity contribution in [3.05, 3.63) is 22.2 Å². The Labute approximate surface area is 72.4 Å². The van der Waals surface area contributed by atoms with Gasteiger partial charge in [0.15, 0.2) is 0 Å². The number of rotatable bonds is 2. The molecule has 0 bridgehead atoms. The first-order valence-corrected chi connectivity index (χ1v) is 4.30. The molecule has 1 aromatic rings. The zero-order valence-electron chi connectivity index (χ0n) is 6.33. The van der Waals surface area contributed by atoms with Gasteiger partial charge in [0.25, 0.3) is 5.91 Å². The summed E-state index contributed by atoms with van der Waals surface area (Å²) in [7, 11) is 0. The Balaban J connectivity index is 3.29. The Bertz CT molecular complexity index is 360. The summed E-state index contributed by atoms with van der Waals surface area (Å²) < 4.78 is 0. The number of aromatic nitrogens is 2. The molecule has 5 nitrogen and oxygen atoms in total. The lowest BCUT2D eigenvalue weighted by atomic mass is 10.3. The van der Waals surface area contributed by atoms with Gasteiger partial charge in [-0.3, -0.25) is 9.78 Å². The van der Waals surface area contributed by atoms with Crippen LogP contribution in [0.2, 0.25) is 0 Å². The lowest BCUT2D eigenvalue weighted by Gasteiger charge is -1.99. The van der Waals surface area contributed by atoms with E-state index in [0.29, 0.717) is 5.03 Å². The van der Waals surface area contributed by atoms with E-state index in [4.69, 9.17) is 5.73 Å². The van der Waals surface area contributed by atoms with E-state index in [2.05, 4.69) is 9.97 Å². The van der Waals surface area contributed by atoms with Crippen LogP contribution in [0.4, 0.5) is 0 Å². The van der Waals surface area contributed by atoms with E-state index in [-0.39, 0.29) is 5.56 Å². The SMILES string of the molecule is CSc1[nH]c(=O)ncc1C(N)=O. The molecule has 0 aliphatic heterocycles. The summed E-state index contributed by atoms with van der Waals surface area (Å²) in [5.74, 6) is -0.594. The van der Waals surface area contributed by atoms with Crippen molar-refractivity contribution in [3.63, 3.8) is 0 Å². The minimum absolute atomic E-state index is 0.238. The van der Waals surface area contributed by atoms with Crippen molar-refractivity contribution in [2.45, 2.75) is 5.03 Å². The molecule has 64 valence electrons. The van der Waals surface area contributed by atoms with E-state index in [9.17, 15) is 9.59 Å². The summed E-state index contributed by atoms with van der Waals surface area (Å²) in [6.45, 7) is 0. The van der Waals surface area contributed by atoms with Crippen LogP contribution in [0.15, 0.2) is 16.0 Å². The highest BCUT2D eigenvalue weighted by Gasteiger charge is 2.07. The Morgan fingerprint density at radius 3 is 2.92 bits per heavy atom. The summed E-state index contributed by atoms with van der Waals surface area (Å²) in [5, 5.41) is 0.447. The van der Waals surface area contributed by atoms with E-state index in [1.54, 1.807) is 6.26 Å². The zero-order valence-corrected chi connectivity index (χ0v) is 7.14. The van der Waals surface area contributed by atoms with Crippen LogP contribution in [0.25, 0.3) is 0 Å². The van der Waals surface area contributed by atoms with Crippen LogP contribution >= 0.6 is 11.8 Å². The van der Waals surface area contributed by atoms with Crippen LogP contribution in [0, 0.1) is 0 Å². The Kier molecular flexibility index (Phi) is 2.49.